The SMILES string of the molecule is Fc1cc(CC2CCCCCN2)ccc1Cl. The predicted octanol–water partition coefficient (Wildman–Crippen LogP) is 3.55. The Labute approximate surface area is 101 Å². The molecule has 0 radical (unpaired) electrons. The molecular formula is C13H17ClFN. The maximum Gasteiger partial charge on any atom is 0.142 e. The number of hydrogen-bond donors (Lipinski definition) is 1. The summed E-state index contributed by atoms with van der Waals surface area (Å²) in [5.74, 6) is -0.312. The van der Waals surface area contributed by atoms with Gasteiger partial charge in [-0.1, -0.05) is 30.5 Å². The Morgan fingerprint density at radius 2 is 2.19 bits per heavy atom. The van der Waals surface area contributed by atoms with Gasteiger partial charge in [-0.3, -0.25) is 0 Å². The van der Waals surface area contributed by atoms with Crippen molar-refractivity contribution < 1.29 is 4.39 Å². The Morgan fingerprint density at radius 3 is 3.00 bits per heavy atom. The molecule has 1 heterocycles. The van der Waals surface area contributed by atoms with Gasteiger partial charge in [-0.2, -0.15) is 0 Å². The van der Waals surface area contributed by atoms with Crippen molar-refractivity contribution in [2.24, 2.45) is 0 Å². The van der Waals surface area contributed by atoms with Crippen LogP contribution in [0.3, 0.4) is 0 Å². The van der Waals surface area contributed by atoms with E-state index in [1.54, 1.807) is 12.1 Å². The average Bonchev–Trinajstić information content (AvgIpc) is 2.52. The van der Waals surface area contributed by atoms with Crippen LogP contribution in [0.5, 0.6) is 0 Å². The van der Waals surface area contributed by atoms with Gasteiger partial charge in [0.25, 0.3) is 0 Å². The summed E-state index contributed by atoms with van der Waals surface area (Å²) in [7, 11) is 0. The highest BCUT2D eigenvalue weighted by Crippen LogP contribution is 2.18. The second-order valence-electron chi connectivity index (χ2n) is 4.45. The molecule has 1 saturated heterocycles. The van der Waals surface area contributed by atoms with Crippen LogP contribution in [-0.2, 0) is 6.42 Å². The summed E-state index contributed by atoms with van der Waals surface area (Å²) in [6.45, 7) is 1.08. The lowest BCUT2D eigenvalue weighted by Crippen LogP contribution is -2.30. The Kier molecular flexibility index (Phi) is 4.19. The Bertz CT molecular complexity index is 346. The van der Waals surface area contributed by atoms with Crippen LogP contribution >= 0.6 is 11.6 Å². The van der Waals surface area contributed by atoms with Crippen LogP contribution in [0.2, 0.25) is 5.02 Å². The summed E-state index contributed by atoms with van der Waals surface area (Å²) in [4.78, 5) is 0. The minimum Gasteiger partial charge on any atom is -0.314 e. The number of benzene rings is 1. The van der Waals surface area contributed by atoms with E-state index in [0.717, 1.165) is 18.5 Å². The van der Waals surface area contributed by atoms with Crippen LogP contribution in [0.25, 0.3) is 0 Å². The van der Waals surface area contributed by atoms with Crippen LogP contribution in [-0.4, -0.2) is 12.6 Å². The predicted molar refractivity (Wildman–Crippen MR) is 65.4 cm³/mol. The third-order valence-corrected chi connectivity index (χ3v) is 3.44. The first-order chi connectivity index (χ1) is 7.75. The third-order valence-electron chi connectivity index (χ3n) is 3.13. The molecular weight excluding hydrogens is 225 g/mol. The summed E-state index contributed by atoms with van der Waals surface area (Å²) in [6.07, 6.45) is 5.91. The van der Waals surface area contributed by atoms with E-state index in [9.17, 15) is 4.39 Å². The molecule has 1 aliphatic rings. The van der Waals surface area contributed by atoms with Crippen LogP contribution < -0.4 is 5.32 Å². The van der Waals surface area contributed by atoms with E-state index in [-0.39, 0.29) is 10.8 Å². The maximum atomic E-state index is 13.3. The van der Waals surface area contributed by atoms with Gasteiger partial charge in [-0.25, -0.2) is 4.39 Å². The fourth-order valence-electron chi connectivity index (χ4n) is 2.23. The fraction of sp³-hybridized carbons (Fsp3) is 0.538. The molecule has 1 N–H and O–H groups in total. The van der Waals surface area contributed by atoms with Crippen molar-refractivity contribution in [3.05, 3.63) is 34.6 Å². The van der Waals surface area contributed by atoms with Gasteiger partial charge in [0.15, 0.2) is 0 Å². The third kappa shape index (κ3) is 3.19. The average molecular weight is 242 g/mol. The highest BCUT2D eigenvalue weighted by molar-refractivity contribution is 6.30. The molecule has 0 amide bonds. The van der Waals surface area contributed by atoms with Gasteiger partial charge in [0.05, 0.1) is 5.02 Å². The van der Waals surface area contributed by atoms with Crippen LogP contribution in [0.15, 0.2) is 18.2 Å². The summed E-state index contributed by atoms with van der Waals surface area (Å²) >= 11 is 5.66. The normalized spacial score (nSPS) is 21.8. The second-order valence-corrected chi connectivity index (χ2v) is 4.86. The zero-order valence-electron chi connectivity index (χ0n) is 9.31. The Morgan fingerprint density at radius 1 is 1.31 bits per heavy atom. The van der Waals surface area contributed by atoms with Gasteiger partial charge in [0.1, 0.15) is 5.82 Å². The molecule has 1 aromatic carbocycles. The minimum absolute atomic E-state index is 0.206. The standard InChI is InChI=1S/C13H17ClFN/c14-12-6-5-10(9-13(12)15)8-11-4-2-1-3-7-16-11/h5-6,9,11,16H,1-4,7-8H2. The van der Waals surface area contributed by atoms with Gasteiger partial charge in [0.2, 0.25) is 0 Å². The van der Waals surface area contributed by atoms with Crippen LogP contribution in [0, 0.1) is 5.82 Å². The van der Waals surface area contributed by atoms with Crippen molar-refractivity contribution in [2.75, 3.05) is 6.54 Å². The monoisotopic (exact) mass is 241 g/mol. The van der Waals surface area contributed by atoms with Gasteiger partial charge < -0.3 is 5.32 Å². The zero-order chi connectivity index (χ0) is 11.4. The first kappa shape index (κ1) is 11.9. The highest BCUT2D eigenvalue weighted by atomic mass is 35.5. The van der Waals surface area contributed by atoms with E-state index in [4.69, 9.17) is 11.6 Å². The molecule has 1 nitrogen and oxygen atoms in total. The molecule has 88 valence electrons. The maximum absolute atomic E-state index is 13.3. The number of rotatable bonds is 2. The fourth-order valence-corrected chi connectivity index (χ4v) is 2.34. The van der Waals surface area contributed by atoms with Gasteiger partial charge >= 0.3 is 0 Å². The van der Waals surface area contributed by atoms with Crippen molar-refractivity contribution in [1.29, 1.82) is 0 Å². The van der Waals surface area contributed by atoms with E-state index in [1.165, 1.54) is 25.7 Å². The summed E-state index contributed by atoms with van der Waals surface area (Å²) in [6, 6.07) is 5.60. The molecule has 0 spiro atoms. The summed E-state index contributed by atoms with van der Waals surface area (Å²) < 4.78 is 13.3. The lowest BCUT2D eigenvalue weighted by atomic mass is 10.0. The van der Waals surface area contributed by atoms with Crippen molar-refractivity contribution in [1.82, 2.24) is 5.32 Å². The topological polar surface area (TPSA) is 12.0 Å². The quantitative estimate of drug-likeness (QED) is 0.835. The number of nitrogens with one attached hydrogen (secondary N) is 1. The van der Waals surface area contributed by atoms with Crippen molar-refractivity contribution in [3.63, 3.8) is 0 Å². The molecule has 3 heteroatoms. The van der Waals surface area contributed by atoms with E-state index < -0.39 is 0 Å². The van der Waals surface area contributed by atoms with Crippen LogP contribution in [0.4, 0.5) is 4.39 Å². The lowest BCUT2D eigenvalue weighted by molar-refractivity contribution is 0.506. The Hall–Kier alpha value is -0.600. The molecule has 1 atom stereocenters. The van der Waals surface area contributed by atoms with E-state index >= 15 is 0 Å². The van der Waals surface area contributed by atoms with Crippen molar-refractivity contribution >= 4 is 11.6 Å². The zero-order valence-corrected chi connectivity index (χ0v) is 10.1. The Balaban J connectivity index is 1.99. The van der Waals surface area contributed by atoms with Gasteiger partial charge in [-0.05, 0) is 43.5 Å². The smallest absolute Gasteiger partial charge is 0.142 e. The number of halogens is 2. The van der Waals surface area contributed by atoms with Gasteiger partial charge in [0, 0.05) is 6.04 Å². The minimum atomic E-state index is -0.312. The van der Waals surface area contributed by atoms with Crippen molar-refractivity contribution in [2.45, 2.75) is 38.1 Å². The first-order valence-corrected chi connectivity index (χ1v) is 6.31. The summed E-state index contributed by atoms with van der Waals surface area (Å²) in [5.41, 5.74) is 1.03. The molecule has 0 saturated carbocycles. The van der Waals surface area contributed by atoms with Gasteiger partial charge in [-0.15, -0.1) is 0 Å². The molecule has 1 unspecified atom stereocenters. The molecule has 1 fully saturated rings. The molecule has 1 aromatic rings. The lowest BCUT2D eigenvalue weighted by Gasteiger charge is -2.15. The molecule has 0 bridgehead atoms. The molecule has 1 aliphatic heterocycles. The summed E-state index contributed by atoms with van der Waals surface area (Å²) in [5, 5.41) is 3.71. The van der Waals surface area contributed by atoms with Crippen molar-refractivity contribution in [3.8, 4) is 0 Å². The van der Waals surface area contributed by atoms with E-state index in [2.05, 4.69) is 5.32 Å². The number of hydrogen-bond acceptors (Lipinski definition) is 1. The largest absolute Gasteiger partial charge is 0.314 e. The first-order valence-electron chi connectivity index (χ1n) is 5.93. The van der Waals surface area contributed by atoms with E-state index in [0.29, 0.717) is 6.04 Å². The molecule has 2 rings (SSSR count). The van der Waals surface area contributed by atoms with Crippen LogP contribution in [0.1, 0.15) is 31.2 Å². The highest BCUT2D eigenvalue weighted by Gasteiger charge is 2.12. The van der Waals surface area contributed by atoms with E-state index in [1.807, 2.05) is 6.07 Å². The molecule has 0 aromatic heterocycles. The molecule has 16 heavy (non-hydrogen) atoms. The second kappa shape index (κ2) is 5.65. The molecule has 0 aliphatic carbocycles.